The first-order valence-corrected chi connectivity index (χ1v) is 6.63. The first-order valence-electron chi connectivity index (χ1n) is 6.63. The van der Waals surface area contributed by atoms with Crippen molar-refractivity contribution < 1.29 is 9.32 Å². The Hall–Kier alpha value is -1.07. The lowest BCUT2D eigenvalue weighted by molar-refractivity contribution is -0.121. The van der Waals surface area contributed by atoms with Crippen molar-refractivity contribution in [3.63, 3.8) is 0 Å². The van der Waals surface area contributed by atoms with Gasteiger partial charge in [-0.2, -0.15) is 0 Å². The number of amides is 1. The van der Waals surface area contributed by atoms with E-state index in [2.05, 4.69) is 24.3 Å². The molecule has 1 heterocycles. The summed E-state index contributed by atoms with van der Waals surface area (Å²) in [7, 11) is 0. The molecule has 0 spiro atoms. The highest BCUT2D eigenvalue weighted by Crippen LogP contribution is 2.22. The summed E-state index contributed by atoms with van der Waals surface area (Å²) in [6.45, 7) is 5.21. The zero-order valence-corrected chi connectivity index (χ0v) is 12.5. The third-order valence-electron chi connectivity index (χ3n) is 3.05. The molecule has 0 fully saturated rings. The second kappa shape index (κ2) is 9.81. The molecule has 1 aromatic rings. The summed E-state index contributed by atoms with van der Waals surface area (Å²) in [6, 6.07) is 1.93. The number of hydrogen-bond donors (Lipinski definition) is 2. The normalized spacial score (nSPS) is 10.3. The van der Waals surface area contributed by atoms with Crippen LogP contribution < -0.4 is 11.1 Å². The molecule has 1 rings (SSSR count). The Morgan fingerprint density at radius 3 is 2.74 bits per heavy atom. The number of nitrogens with one attached hydrogen (secondary N) is 1. The maximum Gasteiger partial charge on any atom is 0.220 e. The largest absolute Gasteiger partial charge is 0.359 e. The van der Waals surface area contributed by atoms with Crippen LogP contribution >= 0.6 is 12.4 Å². The number of carbonyl (C=O) groups is 1. The number of nitrogens with zero attached hydrogens (tertiary/aromatic N) is 1. The minimum Gasteiger partial charge on any atom is -0.359 e. The first-order chi connectivity index (χ1) is 8.71. The molecular formula is C13H24ClN3O2. The zero-order valence-electron chi connectivity index (χ0n) is 11.6. The van der Waals surface area contributed by atoms with E-state index in [1.54, 1.807) is 0 Å². The van der Waals surface area contributed by atoms with Gasteiger partial charge >= 0.3 is 0 Å². The van der Waals surface area contributed by atoms with Gasteiger partial charge in [0.25, 0.3) is 0 Å². The van der Waals surface area contributed by atoms with E-state index < -0.39 is 0 Å². The van der Waals surface area contributed by atoms with E-state index in [9.17, 15) is 4.79 Å². The van der Waals surface area contributed by atoms with E-state index >= 15 is 0 Å². The Labute approximate surface area is 120 Å². The molecule has 3 N–H and O–H groups in total. The van der Waals surface area contributed by atoms with Crippen molar-refractivity contribution in [1.82, 2.24) is 10.5 Å². The molecule has 0 saturated carbocycles. The number of hydrogen-bond acceptors (Lipinski definition) is 4. The van der Waals surface area contributed by atoms with E-state index in [-0.39, 0.29) is 18.3 Å². The second-order valence-electron chi connectivity index (χ2n) is 4.40. The molecule has 0 saturated heterocycles. The van der Waals surface area contributed by atoms with E-state index in [0.29, 0.717) is 37.6 Å². The lowest BCUT2D eigenvalue weighted by atomic mass is 9.99. The average Bonchev–Trinajstić information content (AvgIpc) is 2.84. The highest BCUT2D eigenvalue weighted by Gasteiger charge is 2.13. The minimum atomic E-state index is 0. The maximum atomic E-state index is 11.4. The summed E-state index contributed by atoms with van der Waals surface area (Å²) in [6.07, 6.45) is 3.27. The van der Waals surface area contributed by atoms with Gasteiger partial charge in [0.2, 0.25) is 5.91 Å². The summed E-state index contributed by atoms with van der Waals surface area (Å²) in [5.74, 6) is 1.15. The number of nitrogens with two attached hydrogens (primary N) is 1. The molecule has 0 radical (unpaired) electrons. The van der Waals surface area contributed by atoms with Crippen molar-refractivity contribution in [2.45, 2.75) is 52.0 Å². The summed E-state index contributed by atoms with van der Waals surface area (Å²) in [5.41, 5.74) is 6.32. The molecule has 0 aliphatic heterocycles. The fourth-order valence-corrected chi connectivity index (χ4v) is 1.85. The molecule has 0 bridgehead atoms. The topological polar surface area (TPSA) is 81.2 Å². The summed E-state index contributed by atoms with van der Waals surface area (Å²) in [4.78, 5) is 11.4. The predicted octanol–water partition coefficient (Wildman–Crippen LogP) is 2.36. The molecular weight excluding hydrogens is 266 g/mol. The van der Waals surface area contributed by atoms with Gasteiger partial charge < -0.3 is 15.6 Å². The van der Waals surface area contributed by atoms with E-state index in [4.69, 9.17) is 10.3 Å². The molecule has 0 aliphatic rings. The third-order valence-corrected chi connectivity index (χ3v) is 3.05. The molecule has 5 nitrogen and oxygen atoms in total. The fourth-order valence-electron chi connectivity index (χ4n) is 1.85. The summed E-state index contributed by atoms with van der Waals surface area (Å²) in [5, 5.41) is 6.85. The molecule has 0 atom stereocenters. The lowest BCUT2D eigenvalue weighted by Gasteiger charge is -2.06. The van der Waals surface area contributed by atoms with Crippen LogP contribution in [-0.2, 0) is 11.3 Å². The smallest absolute Gasteiger partial charge is 0.220 e. The fraction of sp³-hybridized carbons (Fsp3) is 0.692. The predicted molar refractivity (Wildman–Crippen MR) is 77.2 cm³/mol. The molecule has 1 aromatic heterocycles. The summed E-state index contributed by atoms with van der Waals surface area (Å²) < 4.78 is 5.21. The van der Waals surface area contributed by atoms with Crippen LogP contribution in [0.25, 0.3) is 0 Å². The van der Waals surface area contributed by atoms with Crippen molar-refractivity contribution in [3.05, 3.63) is 17.5 Å². The van der Waals surface area contributed by atoms with Crippen molar-refractivity contribution in [1.29, 1.82) is 0 Å². The molecule has 0 aromatic carbocycles. The van der Waals surface area contributed by atoms with E-state index in [0.717, 1.165) is 18.5 Å². The van der Waals surface area contributed by atoms with Gasteiger partial charge in [0.15, 0.2) is 5.76 Å². The number of carbonyl (C=O) groups excluding carboxylic acids is 1. The Balaban J connectivity index is 0.00000324. The van der Waals surface area contributed by atoms with Crippen LogP contribution in [0.2, 0.25) is 0 Å². The van der Waals surface area contributed by atoms with Crippen LogP contribution in [0.3, 0.4) is 0 Å². The van der Waals surface area contributed by atoms with Gasteiger partial charge in [-0.05, 0) is 25.8 Å². The Morgan fingerprint density at radius 2 is 2.16 bits per heavy atom. The van der Waals surface area contributed by atoms with Crippen LogP contribution in [0.5, 0.6) is 0 Å². The standard InChI is InChI=1S/C13H23N3O2.ClH/c1-3-10(4-2)12-8-11(18-16-12)9-15-13(17)6-5-7-14;/h8,10H,3-7,9,14H2,1-2H3,(H,15,17);1H. The second-order valence-corrected chi connectivity index (χ2v) is 4.40. The Morgan fingerprint density at radius 1 is 1.47 bits per heavy atom. The van der Waals surface area contributed by atoms with Gasteiger partial charge in [0.05, 0.1) is 12.2 Å². The molecule has 0 unspecified atom stereocenters. The van der Waals surface area contributed by atoms with Gasteiger partial charge in [0.1, 0.15) is 0 Å². The molecule has 19 heavy (non-hydrogen) atoms. The van der Waals surface area contributed by atoms with E-state index in [1.807, 2.05) is 6.07 Å². The quantitative estimate of drug-likeness (QED) is 0.770. The third kappa shape index (κ3) is 6.07. The van der Waals surface area contributed by atoms with Crippen molar-refractivity contribution >= 4 is 18.3 Å². The molecule has 0 aliphatic carbocycles. The highest BCUT2D eigenvalue weighted by molar-refractivity contribution is 5.85. The SMILES string of the molecule is CCC(CC)c1cc(CNC(=O)CCCN)on1.Cl. The molecule has 6 heteroatoms. The number of rotatable bonds is 8. The van der Waals surface area contributed by atoms with Gasteiger partial charge in [-0.25, -0.2) is 0 Å². The highest BCUT2D eigenvalue weighted by atomic mass is 35.5. The van der Waals surface area contributed by atoms with Crippen LogP contribution in [0.4, 0.5) is 0 Å². The molecule has 110 valence electrons. The average molecular weight is 290 g/mol. The Bertz CT molecular complexity index is 365. The van der Waals surface area contributed by atoms with Crippen LogP contribution in [0.15, 0.2) is 10.6 Å². The zero-order chi connectivity index (χ0) is 13.4. The monoisotopic (exact) mass is 289 g/mol. The Kier molecular flexibility index (Phi) is 9.26. The van der Waals surface area contributed by atoms with Gasteiger partial charge in [0, 0.05) is 18.4 Å². The van der Waals surface area contributed by atoms with Crippen LogP contribution in [-0.4, -0.2) is 17.6 Å². The first kappa shape index (κ1) is 17.9. The number of halogens is 1. The summed E-state index contributed by atoms with van der Waals surface area (Å²) >= 11 is 0. The van der Waals surface area contributed by atoms with Crippen molar-refractivity contribution in [3.8, 4) is 0 Å². The van der Waals surface area contributed by atoms with E-state index in [1.165, 1.54) is 0 Å². The minimum absolute atomic E-state index is 0. The lowest BCUT2D eigenvalue weighted by Crippen LogP contribution is -2.22. The van der Waals surface area contributed by atoms with Crippen LogP contribution in [0, 0.1) is 0 Å². The maximum absolute atomic E-state index is 11.4. The number of aromatic nitrogens is 1. The van der Waals surface area contributed by atoms with Gasteiger partial charge in [-0.3, -0.25) is 4.79 Å². The van der Waals surface area contributed by atoms with Gasteiger partial charge in [-0.15, -0.1) is 12.4 Å². The van der Waals surface area contributed by atoms with Crippen molar-refractivity contribution in [2.24, 2.45) is 5.73 Å². The van der Waals surface area contributed by atoms with Crippen molar-refractivity contribution in [2.75, 3.05) is 6.54 Å². The van der Waals surface area contributed by atoms with Gasteiger partial charge in [-0.1, -0.05) is 19.0 Å². The van der Waals surface area contributed by atoms with Crippen LogP contribution in [0.1, 0.15) is 56.9 Å². The molecule has 1 amide bonds.